The third kappa shape index (κ3) is 3.42. The van der Waals surface area contributed by atoms with Gasteiger partial charge in [0.2, 0.25) is 0 Å². The summed E-state index contributed by atoms with van der Waals surface area (Å²) in [5.41, 5.74) is 11.5. The Kier molecular flexibility index (Phi) is 4.82. The second-order valence-electron chi connectivity index (χ2n) is 6.19. The molecule has 1 aliphatic carbocycles. The molecule has 0 aliphatic heterocycles. The minimum absolute atomic E-state index is 0.00991. The van der Waals surface area contributed by atoms with Crippen LogP contribution in [0.25, 0.3) is 21.6 Å². The van der Waals surface area contributed by atoms with Crippen LogP contribution in [-0.4, -0.2) is 29.9 Å². The van der Waals surface area contributed by atoms with Crippen LogP contribution >= 0.6 is 0 Å². The zero-order valence-corrected chi connectivity index (χ0v) is 13.7. The molecule has 122 valence electrons. The van der Waals surface area contributed by atoms with Gasteiger partial charge in [0.05, 0.1) is 0 Å². The number of benzene rings is 2. The van der Waals surface area contributed by atoms with E-state index in [1.807, 2.05) is 49.5 Å². The Bertz CT molecular complexity index is 751. The Balaban J connectivity index is 1.70. The van der Waals surface area contributed by atoms with Crippen LogP contribution in [0.2, 0.25) is 0 Å². The highest BCUT2D eigenvalue weighted by Crippen LogP contribution is 2.27. The number of azide groups is 1. The van der Waals surface area contributed by atoms with Crippen molar-refractivity contribution in [3.05, 3.63) is 70.6 Å². The fraction of sp³-hybridized carbons (Fsp3) is 0.316. The Morgan fingerprint density at radius 3 is 2.42 bits per heavy atom. The number of rotatable bonds is 4. The molecule has 2 atom stereocenters. The van der Waals surface area contributed by atoms with Gasteiger partial charge in [0.25, 0.3) is 5.91 Å². The lowest BCUT2D eigenvalue weighted by Gasteiger charge is -2.24. The number of amides is 1. The van der Waals surface area contributed by atoms with Gasteiger partial charge in [0.15, 0.2) is 0 Å². The average Bonchev–Trinajstić information content (AvgIpc) is 3.10. The monoisotopic (exact) mass is 320 g/mol. The highest BCUT2D eigenvalue weighted by Gasteiger charge is 2.29. The summed E-state index contributed by atoms with van der Waals surface area (Å²) in [7, 11) is 1.83. The maximum absolute atomic E-state index is 12.7. The van der Waals surface area contributed by atoms with E-state index >= 15 is 0 Å². The molecule has 0 spiro atoms. The topological polar surface area (TPSA) is 69.1 Å². The molecule has 0 bridgehead atoms. The van der Waals surface area contributed by atoms with Crippen molar-refractivity contribution in [3.8, 4) is 11.1 Å². The maximum Gasteiger partial charge on any atom is 0.253 e. The molecule has 3 rings (SSSR count). The van der Waals surface area contributed by atoms with E-state index in [1.54, 1.807) is 4.90 Å². The van der Waals surface area contributed by atoms with Crippen molar-refractivity contribution in [2.24, 2.45) is 5.11 Å². The van der Waals surface area contributed by atoms with Gasteiger partial charge in [0, 0.05) is 29.6 Å². The fourth-order valence-electron chi connectivity index (χ4n) is 3.27. The highest BCUT2D eigenvalue weighted by molar-refractivity contribution is 5.94. The van der Waals surface area contributed by atoms with Crippen LogP contribution < -0.4 is 0 Å². The molecule has 1 amide bonds. The minimum atomic E-state index is 0.00991. The van der Waals surface area contributed by atoms with Crippen molar-refractivity contribution in [2.75, 3.05) is 7.05 Å². The van der Waals surface area contributed by atoms with Gasteiger partial charge >= 0.3 is 0 Å². The van der Waals surface area contributed by atoms with E-state index in [9.17, 15) is 4.79 Å². The summed E-state index contributed by atoms with van der Waals surface area (Å²) in [6.07, 6.45) is 2.47. The van der Waals surface area contributed by atoms with Crippen LogP contribution in [0, 0.1) is 0 Å². The van der Waals surface area contributed by atoms with E-state index in [2.05, 4.69) is 22.2 Å². The van der Waals surface area contributed by atoms with E-state index in [1.165, 1.54) is 0 Å². The number of hydrogen-bond acceptors (Lipinski definition) is 2. The van der Waals surface area contributed by atoms with Crippen molar-refractivity contribution >= 4 is 5.91 Å². The molecule has 0 heterocycles. The molecule has 0 radical (unpaired) electrons. The third-order valence-corrected chi connectivity index (χ3v) is 4.70. The van der Waals surface area contributed by atoms with Crippen LogP contribution in [0.15, 0.2) is 59.7 Å². The summed E-state index contributed by atoms with van der Waals surface area (Å²) in [5, 5.41) is 3.78. The first-order valence-electron chi connectivity index (χ1n) is 8.16. The number of hydrogen-bond donors (Lipinski definition) is 0. The van der Waals surface area contributed by atoms with Gasteiger partial charge in [0.1, 0.15) is 0 Å². The zero-order valence-electron chi connectivity index (χ0n) is 13.7. The standard InChI is InChI=1S/C19H20N4O/c1-23(18-12-11-17(13-18)21-22-20)19(24)16-9-7-15(8-10-16)14-5-3-2-4-6-14/h2-10,17-18H,11-13H2,1H3/t17?,18-/m1/s1. The summed E-state index contributed by atoms with van der Waals surface area (Å²) in [6, 6.07) is 18.0. The molecular weight excluding hydrogens is 300 g/mol. The SMILES string of the molecule is CN(C(=O)c1ccc(-c2ccccc2)cc1)[C@@H]1CCC(N=[N+]=[N-])C1. The molecule has 0 N–H and O–H groups in total. The molecule has 1 unspecified atom stereocenters. The molecule has 1 fully saturated rings. The normalized spacial score (nSPS) is 19.5. The van der Waals surface area contributed by atoms with Crippen LogP contribution in [0.1, 0.15) is 29.6 Å². The summed E-state index contributed by atoms with van der Waals surface area (Å²) in [6.45, 7) is 0. The summed E-state index contributed by atoms with van der Waals surface area (Å²) in [5.74, 6) is 0.0150. The van der Waals surface area contributed by atoms with Crippen molar-refractivity contribution in [2.45, 2.75) is 31.3 Å². The first kappa shape index (κ1) is 16.1. The number of nitrogens with zero attached hydrogens (tertiary/aromatic N) is 4. The lowest BCUT2D eigenvalue weighted by atomic mass is 10.0. The van der Waals surface area contributed by atoms with E-state index in [4.69, 9.17) is 5.53 Å². The van der Waals surface area contributed by atoms with Gasteiger partial charge in [-0.3, -0.25) is 4.79 Å². The van der Waals surface area contributed by atoms with Gasteiger partial charge in [-0.05, 0) is 48.1 Å². The quantitative estimate of drug-likeness (QED) is 0.459. The molecule has 1 aliphatic rings. The van der Waals surface area contributed by atoms with E-state index in [-0.39, 0.29) is 18.0 Å². The summed E-state index contributed by atoms with van der Waals surface area (Å²) >= 11 is 0. The number of carbonyl (C=O) groups is 1. The van der Waals surface area contributed by atoms with Gasteiger partial charge in [-0.1, -0.05) is 47.6 Å². The average molecular weight is 320 g/mol. The van der Waals surface area contributed by atoms with Gasteiger partial charge in [-0.2, -0.15) is 0 Å². The van der Waals surface area contributed by atoms with Crippen LogP contribution in [-0.2, 0) is 0 Å². The predicted molar refractivity (Wildman–Crippen MR) is 94.5 cm³/mol. The van der Waals surface area contributed by atoms with Crippen molar-refractivity contribution in [1.29, 1.82) is 0 Å². The van der Waals surface area contributed by atoms with Gasteiger partial charge in [-0.25, -0.2) is 0 Å². The van der Waals surface area contributed by atoms with Gasteiger partial charge in [-0.15, -0.1) is 0 Å². The lowest BCUT2D eigenvalue weighted by Crippen LogP contribution is -2.35. The van der Waals surface area contributed by atoms with Crippen LogP contribution in [0.5, 0.6) is 0 Å². The fourth-order valence-corrected chi connectivity index (χ4v) is 3.27. The smallest absolute Gasteiger partial charge is 0.253 e. The Morgan fingerprint density at radius 1 is 1.08 bits per heavy atom. The third-order valence-electron chi connectivity index (χ3n) is 4.70. The Morgan fingerprint density at radius 2 is 1.75 bits per heavy atom. The second kappa shape index (κ2) is 7.20. The first-order valence-corrected chi connectivity index (χ1v) is 8.16. The molecule has 2 aromatic rings. The second-order valence-corrected chi connectivity index (χ2v) is 6.19. The van der Waals surface area contributed by atoms with Crippen molar-refractivity contribution < 1.29 is 4.79 Å². The summed E-state index contributed by atoms with van der Waals surface area (Å²) in [4.78, 5) is 17.3. The molecule has 5 nitrogen and oxygen atoms in total. The van der Waals surface area contributed by atoms with E-state index < -0.39 is 0 Å². The maximum atomic E-state index is 12.7. The van der Waals surface area contributed by atoms with Crippen molar-refractivity contribution in [1.82, 2.24) is 4.90 Å². The Hall–Kier alpha value is -2.78. The van der Waals surface area contributed by atoms with E-state index in [0.29, 0.717) is 5.56 Å². The lowest BCUT2D eigenvalue weighted by molar-refractivity contribution is 0.0734. The van der Waals surface area contributed by atoms with E-state index in [0.717, 1.165) is 30.4 Å². The molecule has 0 saturated heterocycles. The summed E-state index contributed by atoms with van der Waals surface area (Å²) < 4.78 is 0. The van der Waals surface area contributed by atoms with Crippen molar-refractivity contribution in [3.63, 3.8) is 0 Å². The molecule has 0 aromatic heterocycles. The highest BCUT2D eigenvalue weighted by atomic mass is 16.2. The van der Waals surface area contributed by atoms with Crippen LogP contribution in [0.3, 0.4) is 0 Å². The first-order chi connectivity index (χ1) is 11.7. The van der Waals surface area contributed by atoms with Crippen LogP contribution in [0.4, 0.5) is 0 Å². The molecule has 1 saturated carbocycles. The minimum Gasteiger partial charge on any atom is -0.339 e. The molecule has 24 heavy (non-hydrogen) atoms. The number of carbonyl (C=O) groups excluding carboxylic acids is 1. The zero-order chi connectivity index (χ0) is 16.9. The molecule has 5 heteroatoms. The largest absolute Gasteiger partial charge is 0.339 e. The van der Waals surface area contributed by atoms with Gasteiger partial charge < -0.3 is 4.90 Å². The molecular formula is C19H20N4O. The Labute approximate surface area is 141 Å². The predicted octanol–water partition coefficient (Wildman–Crippen LogP) is 4.66. The molecule has 2 aromatic carbocycles.